The molecule has 0 saturated heterocycles. The zero-order valence-corrected chi connectivity index (χ0v) is 12.2. The third-order valence-electron chi connectivity index (χ3n) is 2.22. The van der Waals surface area contributed by atoms with Crippen molar-refractivity contribution < 1.29 is 9.59 Å². The molecule has 0 radical (unpaired) electrons. The molecule has 2 heterocycles. The van der Waals surface area contributed by atoms with Gasteiger partial charge in [-0.2, -0.15) is 0 Å². The zero-order chi connectivity index (χ0) is 13.8. The maximum atomic E-state index is 11.7. The number of hydrogen-bond acceptors (Lipinski definition) is 6. The number of rotatable bonds is 4. The lowest BCUT2D eigenvalue weighted by Crippen LogP contribution is -2.22. The Hall–Kier alpha value is -1.34. The Morgan fingerprint density at radius 1 is 1.42 bits per heavy atom. The van der Waals surface area contributed by atoms with Gasteiger partial charge in [0.05, 0.1) is 16.5 Å². The number of carbonyl (C=O) groups is 2. The van der Waals surface area contributed by atoms with Gasteiger partial charge >= 0.3 is 0 Å². The zero-order valence-electron chi connectivity index (χ0n) is 10.6. The Labute approximate surface area is 119 Å². The van der Waals surface area contributed by atoms with Gasteiger partial charge in [0.25, 0.3) is 0 Å². The molecule has 0 aromatic carbocycles. The van der Waals surface area contributed by atoms with E-state index in [2.05, 4.69) is 15.3 Å². The maximum Gasteiger partial charge on any atom is 0.235 e. The predicted molar refractivity (Wildman–Crippen MR) is 75.9 cm³/mol. The van der Waals surface area contributed by atoms with Crippen molar-refractivity contribution in [2.75, 3.05) is 11.5 Å². The van der Waals surface area contributed by atoms with E-state index in [4.69, 9.17) is 0 Å². The van der Waals surface area contributed by atoms with Crippen molar-refractivity contribution in [3.8, 4) is 0 Å². The van der Waals surface area contributed by atoms with Crippen LogP contribution in [0.5, 0.6) is 0 Å². The van der Waals surface area contributed by atoms with E-state index in [0.29, 0.717) is 15.9 Å². The summed E-state index contributed by atoms with van der Waals surface area (Å²) in [4.78, 5) is 31.2. The van der Waals surface area contributed by atoms with Crippen molar-refractivity contribution >= 4 is 35.2 Å². The van der Waals surface area contributed by atoms with Crippen molar-refractivity contribution in [1.29, 1.82) is 0 Å². The minimum absolute atomic E-state index is 0.0330. The normalized spacial score (nSPS) is 14.4. The van der Waals surface area contributed by atoms with Gasteiger partial charge in [-0.25, -0.2) is 9.97 Å². The van der Waals surface area contributed by atoms with Gasteiger partial charge in [0.15, 0.2) is 10.9 Å². The molecule has 0 bridgehead atoms. The fourth-order valence-electron chi connectivity index (χ4n) is 1.51. The Balaban J connectivity index is 1.86. The summed E-state index contributed by atoms with van der Waals surface area (Å²) in [5.41, 5.74) is 1.77. The molecule has 7 heteroatoms. The first-order valence-electron chi connectivity index (χ1n) is 5.65. The third kappa shape index (κ3) is 4.36. The maximum absolute atomic E-state index is 11.7. The minimum Gasteiger partial charge on any atom is -0.320 e. The van der Waals surface area contributed by atoms with Gasteiger partial charge < -0.3 is 5.32 Å². The van der Waals surface area contributed by atoms with Gasteiger partial charge in [-0.15, -0.1) is 11.8 Å². The first kappa shape index (κ1) is 14.1. The molecule has 1 amide bonds. The number of hydrogen-bond donors (Lipinski definition) is 1. The van der Waals surface area contributed by atoms with Gasteiger partial charge in [0.2, 0.25) is 5.91 Å². The fraction of sp³-hybridized carbons (Fsp3) is 0.333. The summed E-state index contributed by atoms with van der Waals surface area (Å²) in [7, 11) is 0. The Morgan fingerprint density at radius 2 is 2.11 bits per heavy atom. The lowest BCUT2D eigenvalue weighted by atomic mass is 10.4. The van der Waals surface area contributed by atoms with Crippen molar-refractivity contribution in [2.24, 2.45) is 0 Å². The highest BCUT2D eigenvalue weighted by Gasteiger charge is 2.15. The average molecular weight is 295 g/mol. The van der Waals surface area contributed by atoms with E-state index in [1.54, 1.807) is 0 Å². The summed E-state index contributed by atoms with van der Waals surface area (Å²) in [5.74, 6) is 0.518. The number of nitrogens with zero attached hydrogens (tertiary/aromatic N) is 2. The largest absolute Gasteiger partial charge is 0.320 e. The number of allylic oxidation sites excluding steroid dienone is 1. The number of amides is 1. The van der Waals surface area contributed by atoms with Crippen LogP contribution < -0.4 is 5.32 Å². The first-order valence-corrected chi connectivity index (χ1v) is 7.62. The number of thioether (sulfide) groups is 2. The van der Waals surface area contributed by atoms with E-state index < -0.39 is 0 Å². The summed E-state index contributed by atoms with van der Waals surface area (Å²) in [6.07, 6.45) is 1.46. The van der Waals surface area contributed by atoms with E-state index in [1.807, 2.05) is 19.9 Å². The topological polar surface area (TPSA) is 72.0 Å². The molecule has 100 valence electrons. The van der Waals surface area contributed by atoms with Gasteiger partial charge in [-0.3, -0.25) is 9.59 Å². The van der Waals surface area contributed by atoms with E-state index in [0.717, 1.165) is 11.4 Å². The smallest absolute Gasteiger partial charge is 0.235 e. The second-order valence-electron chi connectivity index (χ2n) is 4.03. The van der Waals surface area contributed by atoms with Crippen LogP contribution in [0.4, 0.5) is 0 Å². The average Bonchev–Trinajstić information content (AvgIpc) is 2.71. The van der Waals surface area contributed by atoms with Crippen molar-refractivity contribution in [2.45, 2.75) is 19.0 Å². The van der Waals surface area contributed by atoms with E-state index in [1.165, 1.54) is 29.6 Å². The van der Waals surface area contributed by atoms with Crippen LogP contribution in [-0.2, 0) is 9.59 Å². The van der Waals surface area contributed by atoms with Gasteiger partial charge in [-0.05, 0) is 19.9 Å². The fourth-order valence-corrected chi connectivity index (χ4v) is 3.04. The molecular weight excluding hydrogens is 282 g/mol. The third-order valence-corrected chi connectivity index (χ3v) is 4.03. The summed E-state index contributed by atoms with van der Waals surface area (Å²) < 4.78 is 0. The number of carbonyl (C=O) groups excluding carboxylic acids is 2. The van der Waals surface area contributed by atoms with Crippen LogP contribution in [0.15, 0.2) is 22.3 Å². The Kier molecular flexibility index (Phi) is 4.60. The molecule has 1 aliphatic rings. The summed E-state index contributed by atoms with van der Waals surface area (Å²) in [6.45, 7) is 3.79. The molecular formula is C12H13N3O2S2. The predicted octanol–water partition coefficient (Wildman–Crippen LogP) is 1.46. The molecule has 1 aromatic heterocycles. The summed E-state index contributed by atoms with van der Waals surface area (Å²) in [5, 5.41) is 3.91. The highest BCUT2D eigenvalue weighted by atomic mass is 32.2. The number of ketones is 1. The van der Waals surface area contributed by atoms with Crippen LogP contribution in [0.3, 0.4) is 0 Å². The molecule has 5 nitrogen and oxygen atoms in total. The number of aromatic nitrogens is 2. The SMILES string of the molecule is Cc1cc(C)nc(SCC(=O)NC2=CC(=O)CS2)n1. The molecule has 2 rings (SSSR count). The molecule has 0 unspecified atom stereocenters. The lowest BCUT2D eigenvalue weighted by molar-refractivity contribution is -0.117. The molecule has 0 spiro atoms. The van der Waals surface area contributed by atoms with Crippen molar-refractivity contribution in [3.63, 3.8) is 0 Å². The monoisotopic (exact) mass is 295 g/mol. The Morgan fingerprint density at radius 3 is 2.68 bits per heavy atom. The minimum atomic E-state index is -0.152. The quantitative estimate of drug-likeness (QED) is 0.670. The Bertz CT molecular complexity index is 538. The molecule has 19 heavy (non-hydrogen) atoms. The van der Waals surface area contributed by atoms with Gasteiger partial charge in [0, 0.05) is 17.5 Å². The van der Waals surface area contributed by atoms with Crippen molar-refractivity contribution in [1.82, 2.24) is 15.3 Å². The molecule has 1 aromatic rings. The molecule has 0 saturated carbocycles. The second kappa shape index (κ2) is 6.21. The van der Waals surface area contributed by atoms with Gasteiger partial charge in [-0.1, -0.05) is 11.8 Å². The van der Waals surface area contributed by atoms with Crippen LogP contribution in [0.1, 0.15) is 11.4 Å². The van der Waals surface area contributed by atoms with E-state index in [-0.39, 0.29) is 17.4 Å². The highest BCUT2D eigenvalue weighted by molar-refractivity contribution is 8.04. The highest BCUT2D eigenvalue weighted by Crippen LogP contribution is 2.20. The molecule has 0 atom stereocenters. The van der Waals surface area contributed by atoms with E-state index >= 15 is 0 Å². The lowest BCUT2D eigenvalue weighted by Gasteiger charge is -2.05. The number of nitrogens with one attached hydrogen (secondary N) is 1. The molecule has 1 aliphatic heterocycles. The van der Waals surface area contributed by atoms with Crippen LogP contribution in [0, 0.1) is 13.8 Å². The van der Waals surface area contributed by atoms with Crippen LogP contribution >= 0.6 is 23.5 Å². The summed E-state index contributed by atoms with van der Waals surface area (Å²) >= 11 is 2.63. The molecule has 0 fully saturated rings. The molecule has 1 N–H and O–H groups in total. The van der Waals surface area contributed by atoms with Crippen LogP contribution in [0.2, 0.25) is 0 Å². The van der Waals surface area contributed by atoms with Crippen LogP contribution in [-0.4, -0.2) is 33.2 Å². The van der Waals surface area contributed by atoms with E-state index in [9.17, 15) is 9.59 Å². The summed E-state index contributed by atoms with van der Waals surface area (Å²) in [6, 6.07) is 1.88. The standard InChI is InChI=1S/C12H13N3O2S2/c1-7-3-8(2)14-12(13-7)19-6-10(17)15-11-4-9(16)5-18-11/h3-4H,5-6H2,1-2H3,(H,15,17). The van der Waals surface area contributed by atoms with Gasteiger partial charge in [0.1, 0.15) is 0 Å². The van der Waals surface area contributed by atoms with Crippen molar-refractivity contribution in [3.05, 3.63) is 28.6 Å². The second-order valence-corrected chi connectivity index (χ2v) is 5.99. The first-order chi connectivity index (χ1) is 9.02. The van der Waals surface area contributed by atoms with Crippen LogP contribution in [0.25, 0.3) is 0 Å². The molecule has 0 aliphatic carbocycles. The number of aryl methyl sites for hydroxylation is 2.